The highest BCUT2D eigenvalue weighted by molar-refractivity contribution is 5.55. The Morgan fingerprint density at radius 3 is 2.84 bits per heavy atom. The van der Waals surface area contributed by atoms with E-state index < -0.39 is 11.7 Å². The van der Waals surface area contributed by atoms with E-state index in [-0.39, 0.29) is 18.0 Å². The van der Waals surface area contributed by atoms with Gasteiger partial charge in [0.1, 0.15) is 0 Å². The van der Waals surface area contributed by atoms with Crippen LogP contribution in [0.25, 0.3) is 16.5 Å². The molecule has 0 saturated carbocycles. The van der Waals surface area contributed by atoms with Crippen molar-refractivity contribution in [2.45, 2.75) is 12.6 Å². The van der Waals surface area contributed by atoms with E-state index in [1.165, 1.54) is 13.2 Å². The van der Waals surface area contributed by atoms with Crippen LogP contribution in [0.5, 0.6) is 5.88 Å². The molecule has 8 heteroatoms. The molecule has 1 rings (SSSR count). The summed E-state index contributed by atoms with van der Waals surface area (Å²) in [7, 11) is 1.33. The van der Waals surface area contributed by atoms with Crippen molar-refractivity contribution in [1.82, 2.24) is 4.98 Å². The van der Waals surface area contributed by atoms with Gasteiger partial charge in [0.2, 0.25) is 5.88 Å². The van der Waals surface area contributed by atoms with E-state index in [1.807, 2.05) is 0 Å². The topological polar surface area (TPSA) is 70.9 Å². The lowest BCUT2D eigenvalue weighted by Gasteiger charge is -2.09. The van der Waals surface area contributed by atoms with Gasteiger partial charge in [-0.15, -0.1) is 0 Å². The van der Waals surface area contributed by atoms with Crippen LogP contribution in [0.4, 0.5) is 13.2 Å². The molecule has 1 aromatic rings. The second kappa shape index (κ2) is 6.65. The molecule has 0 amide bonds. The van der Waals surface area contributed by atoms with Crippen LogP contribution >= 0.6 is 0 Å². The van der Waals surface area contributed by atoms with Crippen LogP contribution < -0.4 is 4.74 Å². The summed E-state index contributed by atoms with van der Waals surface area (Å²) in [6.07, 6.45) is -0.269. The predicted octanol–water partition coefficient (Wildman–Crippen LogP) is 3.82. The summed E-state index contributed by atoms with van der Waals surface area (Å²) >= 11 is 0. The van der Waals surface area contributed by atoms with Crippen LogP contribution in [0.3, 0.4) is 0 Å². The van der Waals surface area contributed by atoms with Crippen molar-refractivity contribution in [3.05, 3.63) is 39.9 Å². The van der Waals surface area contributed by atoms with E-state index >= 15 is 0 Å². The van der Waals surface area contributed by atoms with Crippen molar-refractivity contribution in [3.63, 3.8) is 0 Å². The van der Waals surface area contributed by atoms with Crippen LogP contribution in [0.15, 0.2) is 23.5 Å². The highest BCUT2D eigenvalue weighted by Gasteiger charge is 2.31. The first-order valence-electron chi connectivity index (χ1n) is 5.27. The number of azide groups is 1. The summed E-state index contributed by atoms with van der Waals surface area (Å²) in [6, 6.07) is 0.954. The zero-order chi connectivity index (χ0) is 14.3. The lowest BCUT2D eigenvalue weighted by Crippen LogP contribution is -2.06. The van der Waals surface area contributed by atoms with Gasteiger partial charge in [-0.2, -0.15) is 13.2 Å². The molecule has 0 aliphatic carbocycles. The molecule has 0 radical (unpaired) electrons. The third-order valence-corrected chi connectivity index (χ3v) is 2.16. The quantitative estimate of drug-likeness (QED) is 0.354. The molecule has 0 spiro atoms. The number of aromatic nitrogens is 1. The summed E-state index contributed by atoms with van der Waals surface area (Å²) in [5.74, 6) is 0.105. The number of hydrogen-bond acceptors (Lipinski definition) is 3. The normalized spacial score (nSPS) is 11.4. The lowest BCUT2D eigenvalue weighted by molar-refractivity contribution is -0.137. The molecule has 0 unspecified atom stereocenters. The first-order valence-corrected chi connectivity index (χ1v) is 5.27. The molecular weight excluding hydrogens is 261 g/mol. The third kappa shape index (κ3) is 4.51. The summed E-state index contributed by atoms with van der Waals surface area (Å²) in [6.45, 7) is 0.238. The number of alkyl halides is 3. The average molecular weight is 272 g/mol. The largest absolute Gasteiger partial charge is 0.481 e. The summed E-state index contributed by atoms with van der Waals surface area (Å²) in [4.78, 5) is 6.17. The number of rotatable bonds is 5. The second-order valence-electron chi connectivity index (χ2n) is 3.47. The van der Waals surface area contributed by atoms with Gasteiger partial charge in [0, 0.05) is 23.2 Å². The Balaban J connectivity index is 2.93. The smallest absolute Gasteiger partial charge is 0.417 e. The van der Waals surface area contributed by atoms with Crippen LogP contribution in [-0.4, -0.2) is 18.6 Å². The first kappa shape index (κ1) is 14.8. The number of halogens is 3. The molecule has 0 fully saturated rings. The minimum Gasteiger partial charge on any atom is -0.481 e. The van der Waals surface area contributed by atoms with Gasteiger partial charge in [0.05, 0.1) is 12.7 Å². The summed E-state index contributed by atoms with van der Waals surface area (Å²) < 4.78 is 42.5. The van der Waals surface area contributed by atoms with Crippen molar-refractivity contribution in [1.29, 1.82) is 0 Å². The molecule has 0 aliphatic rings. The molecule has 5 nitrogen and oxygen atoms in total. The molecule has 1 aromatic heterocycles. The van der Waals surface area contributed by atoms with Crippen molar-refractivity contribution >= 4 is 6.08 Å². The Kier molecular flexibility index (Phi) is 5.20. The standard InChI is InChI=1S/C11H11F3N4O/c1-19-10-8(4-2-3-5-17-18-15)6-9(7-16-10)11(12,13)14/h2,4,6-7H,3,5H2,1H3. The number of ether oxygens (including phenoxy) is 1. The van der Waals surface area contributed by atoms with Gasteiger partial charge in [-0.05, 0) is 18.0 Å². The SMILES string of the molecule is COc1ncc(C(F)(F)F)cc1C=CCCN=[N+]=[N-]. The maximum Gasteiger partial charge on any atom is 0.417 e. The number of nitrogens with zero attached hydrogens (tertiary/aromatic N) is 4. The minimum absolute atomic E-state index is 0.105. The highest BCUT2D eigenvalue weighted by Crippen LogP contribution is 2.31. The Bertz CT molecular complexity index is 507. The fraction of sp³-hybridized carbons (Fsp3) is 0.364. The molecule has 19 heavy (non-hydrogen) atoms. The molecule has 0 N–H and O–H groups in total. The lowest BCUT2D eigenvalue weighted by atomic mass is 10.1. The Labute approximate surface area is 107 Å². The van der Waals surface area contributed by atoms with Gasteiger partial charge in [-0.3, -0.25) is 0 Å². The molecular formula is C11H11F3N4O. The molecule has 0 saturated heterocycles. The molecule has 0 aromatic carbocycles. The summed E-state index contributed by atoms with van der Waals surface area (Å²) in [5, 5.41) is 3.30. The Hall–Kier alpha value is -2.21. The van der Waals surface area contributed by atoms with Crippen LogP contribution in [-0.2, 0) is 6.18 Å². The summed E-state index contributed by atoms with van der Waals surface area (Å²) in [5.41, 5.74) is 7.45. The van der Waals surface area contributed by atoms with E-state index in [9.17, 15) is 13.2 Å². The fourth-order valence-corrected chi connectivity index (χ4v) is 1.30. The predicted molar refractivity (Wildman–Crippen MR) is 63.5 cm³/mol. The van der Waals surface area contributed by atoms with Crippen molar-refractivity contribution < 1.29 is 17.9 Å². The maximum absolute atomic E-state index is 12.5. The van der Waals surface area contributed by atoms with E-state index in [4.69, 9.17) is 10.3 Å². The Morgan fingerprint density at radius 1 is 1.53 bits per heavy atom. The van der Waals surface area contributed by atoms with Crippen LogP contribution in [0, 0.1) is 0 Å². The maximum atomic E-state index is 12.5. The zero-order valence-electron chi connectivity index (χ0n) is 10.1. The minimum atomic E-state index is -4.45. The monoisotopic (exact) mass is 272 g/mol. The Morgan fingerprint density at radius 2 is 2.26 bits per heavy atom. The third-order valence-electron chi connectivity index (χ3n) is 2.16. The van der Waals surface area contributed by atoms with Gasteiger partial charge in [-0.25, -0.2) is 4.98 Å². The molecule has 0 bridgehead atoms. The van der Waals surface area contributed by atoms with Crippen molar-refractivity contribution in [2.24, 2.45) is 5.11 Å². The van der Waals surface area contributed by atoms with Crippen molar-refractivity contribution in [2.75, 3.05) is 13.7 Å². The molecule has 0 atom stereocenters. The number of methoxy groups -OCH3 is 1. The number of pyridine rings is 1. The average Bonchev–Trinajstić information content (AvgIpc) is 2.37. The van der Waals surface area contributed by atoms with Gasteiger partial charge in [0.15, 0.2) is 0 Å². The van der Waals surface area contributed by atoms with Crippen molar-refractivity contribution in [3.8, 4) is 5.88 Å². The number of hydrogen-bond donors (Lipinski definition) is 0. The fourth-order valence-electron chi connectivity index (χ4n) is 1.30. The van der Waals surface area contributed by atoms with Crippen LogP contribution in [0.1, 0.15) is 17.5 Å². The molecule has 1 heterocycles. The molecule has 0 aliphatic heterocycles. The van der Waals surface area contributed by atoms with E-state index in [2.05, 4.69) is 15.0 Å². The van der Waals surface area contributed by atoms with Gasteiger partial charge < -0.3 is 4.74 Å². The van der Waals surface area contributed by atoms with Gasteiger partial charge in [-0.1, -0.05) is 17.3 Å². The highest BCUT2D eigenvalue weighted by atomic mass is 19.4. The van der Waals surface area contributed by atoms with Gasteiger partial charge >= 0.3 is 6.18 Å². The zero-order valence-corrected chi connectivity index (χ0v) is 10.1. The van der Waals surface area contributed by atoms with E-state index in [0.29, 0.717) is 6.42 Å². The second-order valence-corrected chi connectivity index (χ2v) is 3.47. The van der Waals surface area contributed by atoms with E-state index in [0.717, 1.165) is 12.3 Å². The first-order chi connectivity index (χ1) is 8.99. The van der Waals surface area contributed by atoms with Gasteiger partial charge in [0.25, 0.3) is 0 Å². The van der Waals surface area contributed by atoms with Crippen LogP contribution in [0.2, 0.25) is 0 Å². The van der Waals surface area contributed by atoms with E-state index in [1.54, 1.807) is 6.08 Å². The molecule has 102 valence electrons.